The van der Waals surface area contributed by atoms with E-state index in [1.54, 1.807) is 12.3 Å². The van der Waals surface area contributed by atoms with Crippen molar-refractivity contribution in [2.45, 2.75) is 6.92 Å². The Labute approximate surface area is 77.6 Å². The monoisotopic (exact) mass is 169 g/mol. The summed E-state index contributed by atoms with van der Waals surface area (Å²) in [5.74, 6) is 0.0706. The molecule has 13 heavy (non-hydrogen) atoms. The SMILES string of the molecule is [B]c1cc(C)c2cccnc2c1O. The first-order chi connectivity index (χ1) is 6.20. The Morgan fingerprint density at radius 2 is 2.23 bits per heavy atom. The number of hydrogen-bond acceptors (Lipinski definition) is 2. The number of rotatable bonds is 0. The maximum atomic E-state index is 9.60. The van der Waals surface area contributed by atoms with Gasteiger partial charge in [-0.3, -0.25) is 4.98 Å². The van der Waals surface area contributed by atoms with Gasteiger partial charge in [0.2, 0.25) is 0 Å². The molecule has 0 aliphatic carbocycles. The van der Waals surface area contributed by atoms with E-state index in [-0.39, 0.29) is 5.75 Å². The van der Waals surface area contributed by atoms with Gasteiger partial charge in [0.1, 0.15) is 19.1 Å². The van der Waals surface area contributed by atoms with Crippen LogP contribution in [-0.4, -0.2) is 17.9 Å². The average molecular weight is 169 g/mol. The van der Waals surface area contributed by atoms with Crippen LogP contribution >= 0.6 is 0 Å². The molecule has 0 saturated carbocycles. The van der Waals surface area contributed by atoms with Gasteiger partial charge in [0.15, 0.2) is 0 Å². The third-order valence-corrected chi connectivity index (χ3v) is 2.10. The van der Waals surface area contributed by atoms with E-state index in [2.05, 4.69) is 4.98 Å². The van der Waals surface area contributed by atoms with Crippen LogP contribution in [0.5, 0.6) is 5.75 Å². The summed E-state index contributed by atoms with van der Waals surface area (Å²) in [5, 5.41) is 10.5. The predicted octanol–water partition coefficient (Wildman–Crippen LogP) is 1.04. The molecule has 0 amide bonds. The smallest absolute Gasteiger partial charge is 0.134 e. The highest BCUT2D eigenvalue weighted by Gasteiger charge is 2.05. The topological polar surface area (TPSA) is 33.1 Å². The quantitative estimate of drug-likeness (QED) is 0.597. The fourth-order valence-corrected chi connectivity index (χ4v) is 1.43. The number of aromatic hydroxyl groups is 1. The maximum Gasteiger partial charge on any atom is 0.134 e. The molecule has 0 spiro atoms. The zero-order valence-corrected chi connectivity index (χ0v) is 7.28. The van der Waals surface area contributed by atoms with E-state index in [0.29, 0.717) is 11.0 Å². The van der Waals surface area contributed by atoms with Gasteiger partial charge in [0.25, 0.3) is 0 Å². The number of hydrogen-bond donors (Lipinski definition) is 1. The second-order valence-electron chi connectivity index (χ2n) is 3.03. The summed E-state index contributed by atoms with van der Waals surface area (Å²) >= 11 is 0. The lowest BCUT2D eigenvalue weighted by Gasteiger charge is -2.06. The van der Waals surface area contributed by atoms with Crippen molar-refractivity contribution in [1.82, 2.24) is 4.98 Å². The van der Waals surface area contributed by atoms with Crippen LogP contribution in [0, 0.1) is 6.92 Å². The zero-order chi connectivity index (χ0) is 9.42. The zero-order valence-electron chi connectivity index (χ0n) is 7.28. The minimum atomic E-state index is 0.0706. The highest BCUT2D eigenvalue weighted by molar-refractivity contribution is 6.35. The summed E-state index contributed by atoms with van der Waals surface area (Å²) in [5.41, 5.74) is 1.97. The molecule has 0 bridgehead atoms. The van der Waals surface area contributed by atoms with Crippen LogP contribution in [0.25, 0.3) is 10.9 Å². The first kappa shape index (κ1) is 8.11. The molecule has 2 rings (SSSR count). The molecular weight excluding hydrogens is 161 g/mol. The Kier molecular flexibility index (Phi) is 1.73. The van der Waals surface area contributed by atoms with Crippen molar-refractivity contribution in [3.63, 3.8) is 0 Å². The summed E-state index contributed by atoms with van der Waals surface area (Å²) in [6.45, 7) is 1.94. The Morgan fingerprint density at radius 3 is 3.00 bits per heavy atom. The van der Waals surface area contributed by atoms with Gasteiger partial charge < -0.3 is 5.11 Å². The van der Waals surface area contributed by atoms with Crippen LogP contribution in [0.4, 0.5) is 0 Å². The van der Waals surface area contributed by atoms with E-state index in [1.165, 1.54) is 0 Å². The lowest BCUT2D eigenvalue weighted by molar-refractivity contribution is 0.484. The molecule has 1 N–H and O–H groups in total. The molecule has 0 fully saturated rings. The van der Waals surface area contributed by atoms with Crippen LogP contribution in [0.3, 0.4) is 0 Å². The minimum absolute atomic E-state index is 0.0706. The third kappa shape index (κ3) is 1.17. The number of pyridine rings is 1. The molecule has 62 valence electrons. The van der Waals surface area contributed by atoms with E-state index in [9.17, 15) is 5.11 Å². The Balaban J connectivity index is 2.97. The first-order valence-electron chi connectivity index (χ1n) is 4.03. The summed E-state index contributed by atoms with van der Waals surface area (Å²) in [6.07, 6.45) is 1.64. The molecule has 0 aliphatic heterocycles. The molecule has 1 aromatic carbocycles. The molecule has 0 saturated heterocycles. The highest BCUT2D eigenvalue weighted by atomic mass is 16.3. The van der Waals surface area contributed by atoms with Crippen molar-refractivity contribution in [2.24, 2.45) is 0 Å². The van der Waals surface area contributed by atoms with Crippen molar-refractivity contribution < 1.29 is 5.11 Å². The lowest BCUT2D eigenvalue weighted by atomic mass is 9.91. The Morgan fingerprint density at radius 1 is 1.46 bits per heavy atom. The van der Waals surface area contributed by atoms with Gasteiger partial charge in [-0.05, 0) is 18.6 Å². The largest absolute Gasteiger partial charge is 0.506 e. The van der Waals surface area contributed by atoms with Crippen molar-refractivity contribution in [3.05, 3.63) is 30.0 Å². The molecule has 2 nitrogen and oxygen atoms in total. The fraction of sp³-hybridized carbons (Fsp3) is 0.100. The third-order valence-electron chi connectivity index (χ3n) is 2.10. The number of benzene rings is 1. The molecular formula is C10H8BNO. The average Bonchev–Trinajstić information content (AvgIpc) is 2.15. The minimum Gasteiger partial charge on any atom is -0.506 e. The lowest BCUT2D eigenvalue weighted by Crippen LogP contribution is -2.04. The van der Waals surface area contributed by atoms with Gasteiger partial charge in [0, 0.05) is 11.6 Å². The molecule has 1 aromatic heterocycles. The molecule has 1 heterocycles. The second-order valence-corrected chi connectivity index (χ2v) is 3.03. The number of phenols is 1. The van der Waals surface area contributed by atoms with Crippen molar-refractivity contribution in [1.29, 1.82) is 0 Å². The van der Waals surface area contributed by atoms with Crippen LogP contribution in [-0.2, 0) is 0 Å². The summed E-state index contributed by atoms with van der Waals surface area (Å²) < 4.78 is 0. The standard InChI is InChI=1S/C10H8BNO/c1-6-5-8(11)10(13)9-7(6)3-2-4-12-9/h2-5,13H,1H3. The van der Waals surface area contributed by atoms with Crippen molar-refractivity contribution >= 4 is 24.2 Å². The van der Waals surface area contributed by atoms with Crippen LogP contribution in [0.15, 0.2) is 24.4 Å². The molecule has 2 radical (unpaired) electrons. The van der Waals surface area contributed by atoms with Gasteiger partial charge in [-0.25, -0.2) is 0 Å². The van der Waals surface area contributed by atoms with Gasteiger partial charge in [-0.1, -0.05) is 17.6 Å². The van der Waals surface area contributed by atoms with Gasteiger partial charge >= 0.3 is 0 Å². The first-order valence-corrected chi connectivity index (χ1v) is 4.03. The normalized spacial score (nSPS) is 10.5. The Bertz CT molecular complexity index is 468. The number of aryl methyl sites for hydroxylation is 1. The van der Waals surface area contributed by atoms with Gasteiger partial charge in [0.05, 0.1) is 0 Å². The van der Waals surface area contributed by atoms with Crippen LogP contribution in [0.2, 0.25) is 0 Å². The van der Waals surface area contributed by atoms with Crippen LogP contribution in [0.1, 0.15) is 5.56 Å². The molecule has 0 atom stereocenters. The van der Waals surface area contributed by atoms with E-state index < -0.39 is 0 Å². The summed E-state index contributed by atoms with van der Waals surface area (Å²) in [6, 6.07) is 5.50. The number of nitrogens with zero attached hydrogens (tertiary/aromatic N) is 1. The van der Waals surface area contributed by atoms with Gasteiger partial charge in [-0.2, -0.15) is 0 Å². The summed E-state index contributed by atoms with van der Waals surface area (Å²) in [7, 11) is 5.60. The second kappa shape index (κ2) is 2.77. The van der Waals surface area contributed by atoms with E-state index in [4.69, 9.17) is 7.85 Å². The molecule has 0 unspecified atom stereocenters. The molecule has 0 aliphatic rings. The van der Waals surface area contributed by atoms with Crippen molar-refractivity contribution in [2.75, 3.05) is 0 Å². The number of phenolic OH excluding ortho intramolecular Hbond substituents is 1. The number of fused-ring (bicyclic) bond motifs is 1. The predicted molar refractivity (Wildman–Crippen MR) is 53.5 cm³/mol. The van der Waals surface area contributed by atoms with Crippen LogP contribution < -0.4 is 5.46 Å². The highest BCUT2D eigenvalue weighted by Crippen LogP contribution is 2.22. The summed E-state index contributed by atoms with van der Waals surface area (Å²) in [4.78, 5) is 4.07. The van der Waals surface area contributed by atoms with Gasteiger partial charge in [-0.15, -0.1) is 0 Å². The van der Waals surface area contributed by atoms with E-state index in [1.807, 2.05) is 19.1 Å². The Hall–Kier alpha value is -1.51. The fourth-order valence-electron chi connectivity index (χ4n) is 1.43. The molecule has 2 aromatic rings. The van der Waals surface area contributed by atoms with Crippen molar-refractivity contribution in [3.8, 4) is 5.75 Å². The number of aromatic nitrogens is 1. The van der Waals surface area contributed by atoms with E-state index >= 15 is 0 Å². The maximum absolute atomic E-state index is 9.60. The van der Waals surface area contributed by atoms with E-state index in [0.717, 1.165) is 10.9 Å². The molecule has 3 heteroatoms.